The Morgan fingerprint density at radius 1 is 1.37 bits per heavy atom. The summed E-state index contributed by atoms with van der Waals surface area (Å²) in [5, 5.41) is 6.48. The van der Waals surface area contributed by atoms with Gasteiger partial charge in [0.15, 0.2) is 0 Å². The highest BCUT2D eigenvalue weighted by molar-refractivity contribution is 6.33. The average Bonchev–Trinajstić information content (AvgIpc) is 2.83. The molecule has 2 rings (SSSR count). The molecule has 0 spiro atoms. The molecule has 1 fully saturated rings. The van der Waals surface area contributed by atoms with Crippen molar-refractivity contribution in [1.82, 2.24) is 5.32 Å². The lowest BCUT2D eigenvalue weighted by molar-refractivity contribution is -0.137. The summed E-state index contributed by atoms with van der Waals surface area (Å²) < 4.78 is 37.4. The molecule has 1 atom stereocenters. The topological polar surface area (TPSA) is 24.1 Å². The van der Waals surface area contributed by atoms with Crippen molar-refractivity contribution in [3.05, 3.63) is 28.8 Å². The Kier molecular flexibility index (Phi) is 4.58. The van der Waals surface area contributed by atoms with Crippen LogP contribution < -0.4 is 10.6 Å². The predicted molar refractivity (Wildman–Crippen MR) is 70.5 cm³/mol. The third kappa shape index (κ3) is 4.01. The van der Waals surface area contributed by atoms with Crippen LogP contribution >= 0.6 is 11.6 Å². The van der Waals surface area contributed by atoms with Crippen LogP contribution in [-0.2, 0) is 6.18 Å². The number of anilines is 1. The molecule has 1 aromatic rings. The largest absolute Gasteiger partial charge is 0.416 e. The molecule has 1 aliphatic heterocycles. The summed E-state index contributed by atoms with van der Waals surface area (Å²) in [5.41, 5.74) is -0.163. The van der Waals surface area contributed by atoms with Gasteiger partial charge in [-0.2, -0.15) is 13.2 Å². The van der Waals surface area contributed by atoms with E-state index in [2.05, 4.69) is 10.6 Å². The molecule has 1 unspecified atom stereocenters. The molecule has 2 nitrogen and oxygen atoms in total. The zero-order chi connectivity index (χ0) is 13.9. The third-order valence-electron chi connectivity index (χ3n) is 3.33. The summed E-state index contributed by atoms with van der Waals surface area (Å²) in [6.07, 6.45) is -2.20. The molecule has 1 aromatic carbocycles. The number of nitrogens with one attached hydrogen (secondary N) is 2. The Labute approximate surface area is 115 Å². The van der Waals surface area contributed by atoms with E-state index in [9.17, 15) is 13.2 Å². The minimum Gasteiger partial charge on any atom is -0.384 e. The lowest BCUT2D eigenvalue weighted by Gasteiger charge is -2.13. The van der Waals surface area contributed by atoms with Crippen molar-refractivity contribution in [2.24, 2.45) is 5.92 Å². The van der Waals surface area contributed by atoms with Crippen molar-refractivity contribution in [2.75, 3.05) is 25.0 Å². The summed E-state index contributed by atoms with van der Waals surface area (Å²) in [7, 11) is 0. The second-order valence-electron chi connectivity index (χ2n) is 4.77. The Morgan fingerprint density at radius 3 is 2.74 bits per heavy atom. The van der Waals surface area contributed by atoms with E-state index in [-0.39, 0.29) is 5.02 Å². The average molecular weight is 293 g/mol. The van der Waals surface area contributed by atoms with Crippen molar-refractivity contribution in [2.45, 2.75) is 19.0 Å². The first-order valence-electron chi connectivity index (χ1n) is 6.28. The van der Waals surface area contributed by atoms with Crippen molar-refractivity contribution in [3.8, 4) is 0 Å². The van der Waals surface area contributed by atoms with E-state index < -0.39 is 11.7 Å². The van der Waals surface area contributed by atoms with E-state index in [1.807, 2.05) is 0 Å². The van der Waals surface area contributed by atoms with Crippen LogP contribution in [0.1, 0.15) is 18.4 Å². The van der Waals surface area contributed by atoms with Gasteiger partial charge in [0.2, 0.25) is 0 Å². The van der Waals surface area contributed by atoms with Crippen LogP contribution in [0, 0.1) is 5.92 Å². The van der Waals surface area contributed by atoms with Crippen LogP contribution in [0.4, 0.5) is 18.9 Å². The van der Waals surface area contributed by atoms with Crippen LogP contribution in [0.3, 0.4) is 0 Å². The Morgan fingerprint density at radius 2 is 2.16 bits per heavy atom. The van der Waals surface area contributed by atoms with Crippen molar-refractivity contribution in [3.63, 3.8) is 0 Å². The van der Waals surface area contributed by atoms with Crippen LogP contribution in [0.2, 0.25) is 5.02 Å². The van der Waals surface area contributed by atoms with Crippen molar-refractivity contribution >= 4 is 17.3 Å². The molecular weight excluding hydrogens is 277 g/mol. The maximum absolute atomic E-state index is 12.5. The van der Waals surface area contributed by atoms with Gasteiger partial charge in [0.05, 0.1) is 16.3 Å². The van der Waals surface area contributed by atoms with Crippen LogP contribution in [0.5, 0.6) is 0 Å². The second-order valence-corrected chi connectivity index (χ2v) is 5.17. The quantitative estimate of drug-likeness (QED) is 0.883. The molecule has 0 saturated carbocycles. The molecule has 0 amide bonds. The molecule has 1 heterocycles. The normalized spacial score (nSPS) is 19.7. The lowest BCUT2D eigenvalue weighted by atomic mass is 10.1. The molecule has 1 aliphatic rings. The maximum Gasteiger partial charge on any atom is 0.416 e. The fraction of sp³-hybridized carbons (Fsp3) is 0.538. The standard InChI is InChI=1S/C13H16ClF3N2/c14-11-7-10(13(15,16)17)1-2-12(11)19-6-4-9-3-5-18-8-9/h1-2,7,9,18-19H,3-6,8H2. The van der Waals surface area contributed by atoms with Gasteiger partial charge in [-0.3, -0.25) is 0 Å². The zero-order valence-corrected chi connectivity index (χ0v) is 11.1. The van der Waals surface area contributed by atoms with Gasteiger partial charge in [0, 0.05) is 6.54 Å². The molecular formula is C13H16ClF3N2. The van der Waals surface area contributed by atoms with Gasteiger partial charge >= 0.3 is 6.18 Å². The predicted octanol–water partition coefficient (Wildman–Crippen LogP) is 3.77. The Hall–Kier alpha value is -0.940. The maximum atomic E-state index is 12.5. The van der Waals surface area contributed by atoms with Gasteiger partial charge < -0.3 is 10.6 Å². The summed E-state index contributed by atoms with van der Waals surface area (Å²) in [6.45, 7) is 2.78. The summed E-state index contributed by atoms with van der Waals surface area (Å²) in [5.74, 6) is 0.640. The van der Waals surface area contributed by atoms with Crippen LogP contribution in [0.25, 0.3) is 0 Å². The first-order chi connectivity index (χ1) is 8.97. The van der Waals surface area contributed by atoms with E-state index in [1.165, 1.54) is 6.07 Å². The summed E-state index contributed by atoms with van der Waals surface area (Å²) in [6, 6.07) is 3.39. The van der Waals surface area contributed by atoms with E-state index >= 15 is 0 Å². The Bertz CT molecular complexity index is 428. The lowest BCUT2D eigenvalue weighted by Crippen LogP contribution is -2.13. The number of hydrogen-bond donors (Lipinski definition) is 2. The molecule has 2 N–H and O–H groups in total. The molecule has 6 heteroatoms. The van der Waals surface area contributed by atoms with E-state index in [1.54, 1.807) is 0 Å². The molecule has 19 heavy (non-hydrogen) atoms. The van der Waals surface area contributed by atoms with Crippen LogP contribution in [-0.4, -0.2) is 19.6 Å². The highest BCUT2D eigenvalue weighted by atomic mass is 35.5. The van der Waals surface area contributed by atoms with Gasteiger partial charge in [-0.05, 0) is 50.0 Å². The Balaban J connectivity index is 1.90. The number of hydrogen-bond acceptors (Lipinski definition) is 2. The minimum absolute atomic E-state index is 0.111. The SMILES string of the molecule is FC(F)(F)c1ccc(NCCC2CCNC2)c(Cl)c1. The summed E-state index contributed by atoms with van der Waals surface area (Å²) in [4.78, 5) is 0. The molecule has 0 aromatic heterocycles. The molecule has 0 bridgehead atoms. The third-order valence-corrected chi connectivity index (χ3v) is 3.64. The summed E-state index contributed by atoms with van der Waals surface area (Å²) >= 11 is 5.86. The zero-order valence-electron chi connectivity index (χ0n) is 10.4. The van der Waals surface area contributed by atoms with Gasteiger partial charge in [-0.25, -0.2) is 0 Å². The molecule has 1 saturated heterocycles. The highest BCUT2D eigenvalue weighted by Gasteiger charge is 2.30. The van der Waals surface area contributed by atoms with Gasteiger partial charge in [0.1, 0.15) is 0 Å². The van der Waals surface area contributed by atoms with Gasteiger partial charge in [0.25, 0.3) is 0 Å². The molecule has 0 radical (unpaired) electrons. The fourth-order valence-electron chi connectivity index (χ4n) is 2.21. The van der Waals surface area contributed by atoms with E-state index in [0.717, 1.165) is 44.6 Å². The number of halogens is 4. The molecule has 0 aliphatic carbocycles. The minimum atomic E-state index is -4.35. The highest BCUT2D eigenvalue weighted by Crippen LogP contribution is 2.33. The first kappa shape index (κ1) is 14.5. The van der Waals surface area contributed by atoms with E-state index in [0.29, 0.717) is 11.6 Å². The first-order valence-corrected chi connectivity index (χ1v) is 6.66. The molecule has 106 valence electrons. The number of benzene rings is 1. The smallest absolute Gasteiger partial charge is 0.384 e. The second kappa shape index (κ2) is 6.01. The van der Waals surface area contributed by atoms with E-state index in [4.69, 9.17) is 11.6 Å². The number of alkyl halides is 3. The van der Waals surface area contributed by atoms with Crippen LogP contribution in [0.15, 0.2) is 18.2 Å². The van der Waals surface area contributed by atoms with Crippen molar-refractivity contribution < 1.29 is 13.2 Å². The number of rotatable bonds is 4. The van der Waals surface area contributed by atoms with Gasteiger partial charge in [-0.15, -0.1) is 0 Å². The fourth-order valence-corrected chi connectivity index (χ4v) is 2.45. The van der Waals surface area contributed by atoms with Gasteiger partial charge in [-0.1, -0.05) is 11.6 Å². The van der Waals surface area contributed by atoms with Crippen molar-refractivity contribution in [1.29, 1.82) is 0 Å². The monoisotopic (exact) mass is 292 g/mol.